The summed E-state index contributed by atoms with van der Waals surface area (Å²) in [5.74, 6) is -1.11. The summed E-state index contributed by atoms with van der Waals surface area (Å²) < 4.78 is 43.9. The lowest BCUT2D eigenvalue weighted by molar-refractivity contribution is -0.185. The molecule has 2 rings (SSSR count). The van der Waals surface area contributed by atoms with Crippen LogP contribution in [0.4, 0.5) is 13.2 Å². The van der Waals surface area contributed by atoms with Crippen LogP contribution in [0.1, 0.15) is 39.5 Å². The van der Waals surface area contributed by atoms with E-state index in [9.17, 15) is 13.2 Å². The molecule has 2 atom stereocenters. The zero-order chi connectivity index (χ0) is 15.5. The van der Waals surface area contributed by atoms with Crippen molar-refractivity contribution in [1.82, 2.24) is 10.2 Å². The number of halogens is 3. The Balaban J connectivity index is 1.66. The van der Waals surface area contributed by atoms with Gasteiger partial charge in [-0.05, 0) is 38.8 Å². The fourth-order valence-electron chi connectivity index (χ4n) is 3.16. The number of rotatable bonds is 5. The first-order chi connectivity index (χ1) is 9.84. The molecule has 0 radical (unpaired) electrons. The van der Waals surface area contributed by atoms with Crippen LogP contribution in [-0.2, 0) is 4.74 Å². The molecule has 2 heterocycles. The number of hydrogen-bond acceptors (Lipinski definition) is 3. The summed E-state index contributed by atoms with van der Waals surface area (Å²) in [6.45, 7) is 6.94. The van der Waals surface area contributed by atoms with Gasteiger partial charge in [0.1, 0.15) is 0 Å². The van der Waals surface area contributed by atoms with Gasteiger partial charge in [0.05, 0.1) is 18.1 Å². The minimum Gasteiger partial charge on any atom is -0.372 e. The van der Waals surface area contributed by atoms with Crippen molar-refractivity contribution in [3.63, 3.8) is 0 Å². The monoisotopic (exact) mass is 308 g/mol. The molecule has 21 heavy (non-hydrogen) atoms. The van der Waals surface area contributed by atoms with E-state index in [1.807, 2.05) is 0 Å². The maximum absolute atomic E-state index is 12.6. The van der Waals surface area contributed by atoms with Crippen molar-refractivity contribution in [2.45, 2.75) is 64.0 Å². The van der Waals surface area contributed by atoms with Crippen molar-refractivity contribution < 1.29 is 17.9 Å². The van der Waals surface area contributed by atoms with E-state index in [0.29, 0.717) is 19.1 Å². The Morgan fingerprint density at radius 1 is 1.10 bits per heavy atom. The minimum absolute atomic E-state index is 0.186. The van der Waals surface area contributed by atoms with Crippen LogP contribution in [0.2, 0.25) is 0 Å². The van der Waals surface area contributed by atoms with Crippen molar-refractivity contribution in [1.29, 1.82) is 0 Å². The lowest BCUT2D eigenvalue weighted by Crippen LogP contribution is -2.42. The van der Waals surface area contributed by atoms with Gasteiger partial charge in [-0.25, -0.2) is 0 Å². The molecule has 0 aliphatic carbocycles. The molecule has 3 nitrogen and oxygen atoms in total. The Hall–Kier alpha value is -0.330. The van der Waals surface area contributed by atoms with Crippen LogP contribution < -0.4 is 5.32 Å². The first-order valence-electron chi connectivity index (χ1n) is 8.02. The fraction of sp³-hybridized carbons (Fsp3) is 1.00. The lowest BCUT2D eigenvalue weighted by atomic mass is 9.96. The lowest BCUT2D eigenvalue weighted by Gasteiger charge is -2.34. The Kier molecular flexibility index (Phi) is 5.91. The standard InChI is InChI=1S/C15H27F3N2O/c1-11(2)19-9-13-3-4-14(21-13)10-20-7-5-12(6-8-20)15(16,17)18/h11-14,19H,3-10H2,1-2H3. The SMILES string of the molecule is CC(C)NCC1CCC(CN2CCC(C(F)(F)F)CC2)O1. The summed E-state index contributed by atoms with van der Waals surface area (Å²) >= 11 is 0. The molecule has 2 unspecified atom stereocenters. The van der Waals surface area contributed by atoms with E-state index < -0.39 is 12.1 Å². The van der Waals surface area contributed by atoms with Crippen molar-refractivity contribution in [3.05, 3.63) is 0 Å². The quantitative estimate of drug-likeness (QED) is 0.845. The molecule has 124 valence electrons. The molecule has 2 fully saturated rings. The highest BCUT2D eigenvalue weighted by Crippen LogP contribution is 2.34. The molecule has 6 heteroatoms. The molecule has 2 aliphatic heterocycles. The van der Waals surface area contributed by atoms with Gasteiger partial charge < -0.3 is 15.0 Å². The van der Waals surface area contributed by atoms with Crippen LogP contribution in [0.15, 0.2) is 0 Å². The Bertz CT molecular complexity index is 315. The smallest absolute Gasteiger partial charge is 0.372 e. The van der Waals surface area contributed by atoms with Gasteiger partial charge in [-0.3, -0.25) is 0 Å². The second-order valence-corrected chi connectivity index (χ2v) is 6.64. The van der Waals surface area contributed by atoms with Crippen LogP contribution in [0.5, 0.6) is 0 Å². The number of alkyl halides is 3. The third-order valence-corrected chi connectivity index (χ3v) is 4.46. The maximum Gasteiger partial charge on any atom is 0.391 e. The van der Waals surface area contributed by atoms with Crippen LogP contribution >= 0.6 is 0 Å². The molecule has 0 amide bonds. The van der Waals surface area contributed by atoms with E-state index in [4.69, 9.17) is 4.74 Å². The topological polar surface area (TPSA) is 24.5 Å². The molecular formula is C15H27F3N2O. The molecule has 1 N–H and O–H groups in total. The average Bonchev–Trinajstić information content (AvgIpc) is 2.83. The van der Waals surface area contributed by atoms with Gasteiger partial charge in [-0.15, -0.1) is 0 Å². The number of nitrogens with zero attached hydrogens (tertiary/aromatic N) is 1. The van der Waals surface area contributed by atoms with Gasteiger partial charge in [-0.1, -0.05) is 13.8 Å². The van der Waals surface area contributed by atoms with Crippen LogP contribution in [0, 0.1) is 5.92 Å². The number of ether oxygens (including phenoxy) is 1. The average molecular weight is 308 g/mol. The normalized spacial score (nSPS) is 29.4. The Morgan fingerprint density at radius 2 is 1.71 bits per heavy atom. The van der Waals surface area contributed by atoms with Gasteiger partial charge in [0.25, 0.3) is 0 Å². The number of likely N-dealkylation sites (tertiary alicyclic amines) is 1. The zero-order valence-electron chi connectivity index (χ0n) is 13.0. The second kappa shape index (κ2) is 7.29. The van der Waals surface area contributed by atoms with Crippen LogP contribution in [0.3, 0.4) is 0 Å². The largest absolute Gasteiger partial charge is 0.391 e. The third-order valence-electron chi connectivity index (χ3n) is 4.46. The van der Waals surface area contributed by atoms with Crippen molar-refractivity contribution in [3.8, 4) is 0 Å². The van der Waals surface area contributed by atoms with Gasteiger partial charge in [0.15, 0.2) is 0 Å². The fourth-order valence-corrected chi connectivity index (χ4v) is 3.16. The first kappa shape index (κ1) is 17.0. The first-order valence-corrected chi connectivity index (χ1v) is 8.02. The highest BCUT2D eigenvalue weighted by Gasteiger charge is 2.41. The Labute approximate surface area is 125 Å². The second-order valence-electron chi connectivity index (χ2n) is 6.64. The predicted octanol–water partition coefficient (Wildman–Crippen LogP) is 2.81. The van der Waals surface area contributed by atoms with E-state index in [0.717, 1.165) is 25.9 Å². The number of hydrogen-bond donors (Lipinski definition) is 1. The highest BCUT2D eigenvalue weighted by molar-refractivity contribution is 4.82. The Morgan fingerprint density at radius 3 is 2.29 bits per heavy atom. The summed E-state index contributed by atoms with van der Waals surface area (Å²) in [6, 6.07) is 0.453. The van der Waals surface area contributed by atoms with Gasteiger partial charge in [0, 0.05) is 19.1 Å². The molecule has 0 aromatic rings. The van der Waals surface area contributed by atoms with Gasteiger partial charge >= 0.3 is 6.18 Å². The van der Waals surface area contributed by atoms with E-state index in [-0.39, 0.29) is 25.0 Å². The van der Waals surface area contributed by atoms with Crippen molar-refractivity contribution in [2.75, 3.05) is 26.2 Å². The maximum atomic E-state index is 12.6. The van der Waals surface area contributed by atoms with Crippen LogP contribution in [-0.4, -0.2) is 55.5 Å². The summed E-state index contributed by atoms with van der Waals surface area (Å²) in [6.07, 6.45) is -1.06. The summed E-state index contributed by atoms with van der Waals surface area (Å²) in [4.78, 5) is 2.13. The van der Waals surface area contributed by atoms with Gasteiger partial charge in [0.2, 0.25) is 0 Å². The van der Waals surface area contributed by atoms with Crippen molar-refractivity contribution in [2.24, 2.45) is 5.92 Å². The van der Waals surface area contributed by atoms with E-state index in [1.54, 1.807) is 0 Å². The van der Waals surface area contributed by atoms with E-state index in [1.165, 1.54) is 0 Å². The molecule has 0 bridgehead atoms. The molecule has 0 spiro atoms. The molecule has 2 aliphatic rings. The molecule has 0 aromatic heterocycles. The summed E-state index contributed by atoms with van der Waals surface area (Å²) in [5.41, 5.74) is 0. The predicted molar refractivity (Wildman–Crippen MR) is 76.3 cm³/mol. The summed E-state index contributed by atoms with van der Waals surface area (Å²) in [5, 5.41) is 3.37. The van der Waals surface area contributed by atoms with Crippen LogP contribution in [0.25, 0.3) is 0 Å². The summed E-state index contributed by atoms with van der Waals surface area (Å²) in [7, 11) is 0. The number of piperidine rings is 1. The van der Waals surface area contributed by atoms with Crippen molar-refractivity contribution >= 4 is 0 Å². The number of nitrogens with one attached hydrogen (secondary N) is 1. The third kappa shape index (κ3) is 5.42. The van der Waals surface area contributed by atoms with Gasteiger partial charge in [-0.2, -0.15) is 13.2 Å². The highest BCUT2D eigenvalue weighted by atomic mass is 19.4. The molecule has 2 saturated heterocycles. The van der Waals surface area contributed by atoms with E-state index >= 15 is 0 Å². The van der Waals surface area contributed by atoms with E-state index in [2.05, 4.69) is 24.1 Å². The molecule has 0 aromatic carbocycles. The molecule has 0 saturated carbocycles. The minimum atomic E-state index is -4.02. The molecular weight excluding hydrogens is 281 g/mol. The zero-order valence-corrected chi connectivity index (χ0v) is 13.0.